The van der Waals surface area contributed by atoms with Gasteiger partial charge in [0.1, 0.15) is 0 Å². The van der Waals surface area contributed by atoms with Crippen LogP contribution in [0.2, 0.25) is 0 Å². The van der Waals surface area contributed by atoms with Crippen LogP contribution in [0.25, 0.3) is 0 Å². The third kappa shape index (κ3) is 8.26. The SMILES string of the molecule is CCOCCOCc1cccc(CNC(=NC)NCC(C)(C)c2ccccc2)c1. The molecule has 0 fully saturated rings. The van der Waals surface area contributed by atoms with Crippen molar-refractivity contribution in [2.75, 3.05) is 33.4 Å². The molecule has 0 saturated heterocycles. The van der Waals surface area contributed by atoms with Crippen molar-refractivity contribution in [2.24, 2.45) is 4.99 Å². The molecule has 0 heterocycles. The van der Waals surface area contributed by atoms with Crippen LogP contribution in [0.15, 0.2) is 59.6 Å². The Morgan fingerprint density at radius 3 is 2.38 bits per heavy atom. The Labute approximate surface area is 175 Å². The molecule has 0 aliphatic rings. The summed E-state index contributed by atoms with van der Waals surface area (Å²) in [5, 5.41) is 6.85. The number of hydrogen-bond donors (Lipinski definition) is 2. The molecule has 0 saturated carbocycles. The zero-order chi connectivity index (χ0) is 21.0. The van der Waals surface area contributed by atoms with Crippen LogP contribution in [-0.4, -0.2) is 39.4 Å². The van der Waals surface area contributed by atoms with Crippen LogP contribution in [-0.2, 0) is 28.0 Å². The second kappa shape index (κ2) is 12.2. The number of nitrogens with one attached hydrogen (secondary N) is 2. The Morgan fingerprint density at radius 2 is 1.66 bits per heavy atom. The molecule has 0 aromatic heterocycles. The minimum Gasteiger partial charge on any atom is -0.379 e. The molecule has 0 bridgehead atoms. The van der Waals surface area contributed by atoms with Crippen LogP contribution >= 0.6 is 0 Å². The van der Waals surface area contributed by atoms with Gasteiger partial charge >= 0.3 is 0 Å². The van der Waals surface area contributed by atoms with Crippen molar-refractivity contribution in [3.05, 3.63) is 71.3 Å². The maximum Gasteiger partial charge on any atom is 0.191 e. The first-order chi connectivity index (χ1) is 14.0. The lowest BCUT2D eigenvalue weighted by Gasteiger charge is -2.26. The first kappa shape index (κ1) is 22.9. The Morgan fingerprint density at radius 1 is 0.931 bits per heavy atom. The minimum absolute atomic E-state index is 0.0115. The van der Waals surface area contributed by atoms with E-state index in [1.54, 1.807) is 7.05 Å². The number of hydrogen-bond acceptors (Lipinski definition) is 3. The Balaban J connectivity index is 1.81. The third-order valence-corrected chi connectivity index (χ3v) is 4.77. The lowest BCUT2D eigenvalue weighted by atomic mass is 9.85. The molecule has 158 valence electrons. The normalized spacial score (nSPS) is 12.1. The van der Waals surface area contributed by atoms with E-state index >= 15 is 0 Å². The minimum atomic E-state index is 0.0115. The van der Waals surface area contributed by atoms with Gasteiger partial charge in [0.15, 0.2) is 5.96 Å². The second-order valence-electron chi connectivity index (χ2n) is 7.60. The standard InChI is InChI=1S/C24H35N3O2/c1-5-28-14-15-29-18-21-11-9-10-20(16-21)17-26-23(25-4)27-19-24(2,3)22-12-7-6-8-13-22/h6-13,16H,5,14-15,17-19H2,1-4H3,(H2,25,26,27). The fourth-order valence-corrected chi connectivity index (χ4v) is 2.98. The molecule has 29 heavy (non-hydrogen) atoms. The van der Waals surface area contributed by atoms with Gasteiger partial charge in [0.25, 0.3) is 0 Å². The van der Waals surface area contributed by atoms with E-state index in [-0.39, 0.29) is 5.41 Å². The lowest BCUT2D eigenvalue weighted by molar-refractivity contribution is 0.0453. The number of benzene rings is 2. The maximum absolute atomic E-state index is 5.66. The average molecular weight is 398 g/mol. The molecule has 0 aliphatic heterocycles. The highest BCUT2D eigenvalue weighted by Crippen LogP contribution is 2.21. The largest absolute Gasteiger partial charge is 0.379 e. The van der Waals surface area contributed by atoms with Crippen LogP contribution in [0.5, 0.6) is 0 Å². The van der Waals surface area contributed by atoms with Gasteiger partial charge in [-0.15, -0.1) is 0 Å². The predicted molar refractivity (Wildman–Crippen MR) is 120 cm³/mol. The van der Waals surface area contributed by atoms with E-state index in [0.717, 1.165) is 24.7 Å². The smallest absolute Gasteiger partial charge is 0.191 e. The summed E-state index contributed by atoms with van der Waals surface area (Å²) in [7, 11) is 1.80. The van der Waals surface area contributed by atoms with E-state index in [2.05, 4.69) is 78.0 Å². The first-order valence-corrected chi connectivity index (χ1v) is 10.3. The van der Waals surface area contributed by atoms with Gasteiger partial charge in [0.2, 0.25) is 0 Å². The summed E-state index contributed by atoms with van der Waals surface area (Å²) in [5.74, 6) is 0.798. The van der Waals surface area contributed by atoms with Crippen molar-refractivity contribution in [1.29, 1.82) is 0 Å². The van der Waals surface area contributed by atoms with Crippen molar-refractivity contribution in [3.8, 4) is 0 Å². The quantitative estimate of drug-likeness (QED) is 0.343. The zero-order valence-electron chi connectivity index (χ0n) is 18.2. The van der Waals surface area contributed by atoms with Crippen LogP contribution in [0.4, 0.5) is 0 Å². The van der Waals surface area contributed by atoms with Gasteiger partial charge in [-0.2, -0.15) is 0 Å². The van der Waals surface area contributed by atoms with Gasteiger partial charge in [-0.3, -0.25) is 4.99 Å². The Kier molecular flexibility index (Phi) is 9.68. The summed E-state index contributed by atoms with van der Waals surface area (Å²) in [5.41, 5.74) is 3.67. The molecule has 2 aromatic rings. The molecule has 0 amide bonds. The van der Waals surface area contributed by atoms with Crippen LogP contribution in [0.3, 0.4) is 0 Å². The van der Waals surface area contributed by atoms with E-state index in [1.807, 2.05) is 13.0 Å². The summed E-state index contributed by atoms with van der Waals surface area (Å²) >= 11 is 0. The maximum atomic E-state index is 5.66. The van der Waals surface area contributed by atoms with E-state index < -0.39 is 0 Å². The second-order valence-corrected chi connectivity index (χ2v) is 7.60. The molecular weight excluding hydrogens is 362 g/mol. The van der Waals surface area contributed by atoms with Crippen molar-refractivity contribution in [3.63, 3.8) is 0 Å². The molecule has 5 nitrogen and oxygen atoms in total. The third-order valence-electron chi connectivity index (χ3n) is 4.77. The van der Waals surface area contributed by atoms with Crippen LogP contribution in [0.1, 0.15) is 37.5 Å². The molecular formula is C24H35N3O2. The van der Waals surface area contributed by atoms with Crippen molar-refractivity contribution >= 4 is 5.96 Å². The van der Waals surface area contributed by atoms with Crippen LogP contribution < -0.4 is 10.6 Å². The number of aliphatic imine (C=N–C) groups is 1. The highest BCUT2D eigenvalue weighted by Gasteiger charge is 2.20. The summed E-state index contributed by atoms with van der Waals surface area (Å²) in [6.45, 7) is 10.5. The van der Waals surface area contributed by atoms with Crippen LogP contribution in [0, 0.1) is 0 Å². The molecule has 2 rings (SSSR count). The highest BCUT2D eigenvalue weighted by atomic mass is 16.5. The van der Waals surface area contributed by atoms with E-state index in [1.165, 1.54) is 11.1 Å². The van der Waals surface area contributed by atoms with Crippen molar-refractivity contribution in [1.82, 2.24) is 10.6 Å². The Bertz CT molecular complexity index is 745. The van der Waals surface area contributed by atoms with Gasteiger partial charge in [-0.25, -0.2) is 0 Å². The summed E-state index contributed by atoms with van der Waals surface area (Å²) in [4.78, 5) is 4.36. The fourth-order valence-electron chi connectivity index (χ4n) is 2.98. The van der Waals surface area contributed by atoms with Gasteiger partial charge in [0.05, 0.1) is 19.8 Å². The van der Waals surface area contributed by atoms with E-state index in [9.17, 15) is 0 Å². The summed E-state index contributed by atoms with van der Waals surface area (Å²) < 4.78 is 11.0. The van der Waals surface area contributed by atoms with E-state index in [0.29, 0.717) is 26.4 Å². The molecule has 0 aliphatic carbocycles. The zero-order valence-corrected chi connectivity index (χ0v) is 18.2. The number of nitrogens with zero attached hydrogens (tertiary/aromatic N) is 1. The lowest BCUT2D eigenvalue weighted by Crippen LogP contribution is -2.43. The molecule has 0 spiro atoms. The topological polar surface area (TPSA) is 54.9 Å². The first-order valence-electron chi connectivity index (χ1n) is 10.3. The monoisotopic (exact) mass is 397 g/mol. The average Bonchev–Trinajstić information content (AvgIpc) is 2.74. The predicted octanol–water partition coefficient (Wildman–Crippen LogP) is 3.88. The Hall–Kier alpha value is -2.37. The number of rotatable bonds is 11. The highest BCUT2D eigenvalue weighted by molar-refractivity contribution is 5.79. The van der Waals surface area contributed by atoms with Crippen molar-refractivity contribution in [2.45, 2.75) is 39.3 Å². The molecule has 2 aromatic carbocycles. The number of guanidine groups is 1. The van der Waals surface area contributed by atoms with E-state index in [4.69, 9.17) is 9.47 Å². The summed E-state index contributed by atoms with van der Waals surface area (Å²) in [6.07, 6.45) is 0. The van der Waals surface area contributed by atoms with Gasteiger partial charge < -0.3 is 20.1 Å². The summed E-state index contributed by atoms with van der Waals surface area (Å²) in [6, 6.07) is 19.0. The molecule has 0 radical (unpaired) electrons. The van der Waals surface area contributed by atoms with Gasteiger partial charge in [-0.1, -0.05) is 68.4 Å². The molecule has 0 atom stereocenters. The van der Waals surface area contributed by atoms with Gasteiger partial charge in [-0.05, 0) is 23.6 Å². The van der Waals surface area contributed by atoms with Gasteiger partial charge in [0, 0.05) is 32.2 Å². The fraction of sp³-hybridized carbons (Fsp3) is 0.458. The molecule has 0 unspecified atom stereocenters. The van der Waals surface area contributed by atoms with Crippen molar-refractivity contribution < 1.29 is 9.47 Å². The number of ether oxygens (including phenoxy) is 2. The molecule has 2 N–H and O–H groups in total. The molecule has 5 heteroatoms.